The molecule has 0 bridgehead atoms. The van der Waals surface area contributed by atoms with Gasteiger partial charge in [-0.3, -0.25) is 0 Å². The average Bonchev–Trinajstić information content (AvgIpc) is 2.82. The maximum Gasteiger partial charge on any atom is 0.120 e. The van der Waals surface area contributed by atoms with Crippen molar-refractivity contribution < 1.29 is 9.15 Å². The maximum absolute atomic E-state index is 5.43. The van der Waals surface area contributed by atoms with Gasteiger partial charge in [-0.1, -0.05) is 13.8 Å². The van der Waals surface area contributed by atoms with Crippen molar-refractivity contribution in [3.8, 4) is 0 Å². The Hall–Kier alpha value is -0.800. The summed E-state index contributed by atoms with van der Waals surface area (Å²) in [6, 6.07) is 4.29. The fourth-order valence-corrected chi connectivity index (χ4v) is 1.63. The Balaban J connectivity index is 2.11. The van der Waals surface area contributed by atoms with Gasteiger partial charge in [0.1, 0.15) is 5.76 Å². The van der Waals surface area contributed by atoms with Crippen LogP contribution in [0, 0.1) is 0 Å². The highest BCUT2D eigenvalue weighted by Gasteiger charge is 2.10. The Morgan fingerprint density at radius 1 is 1.38 bits per heavy atom. The molecule has 0 fully saturated rings. The van der Waals surface area contributed by atoms with E-state index in [-0.39, 0.29) is 0 Å². The average molecular weight is 225 g/mol. The molecule has 0 aliphatic rings. The van der Waals surface area contributed by atoms with Gasteiger partial charge in [-0.25, -0.2) is 0 Å². The first-order valence-electron chi connectivity index (χ1n) is 6.23. The first-order valence-corrected chi connectivity index (χ1v) is 6.23. The van der Waals surface area contributed by atoms with E-state index < -0.39 is 0 Å². The van der Waals surface area contributed by atoms with Crippen molar-refractivity contribution >= 4 is 0 Å². The normalized spacial score (nSPS) is 12.9. The Labute approximate surface area is 98.2 Å². The largest absolute Gasteiger partial charge is 0.468 e. The van der Waals surface area contributed by atoms with Crippen molar-refractivity contribution in [2.24, 2.45) is 0 Å². The molecule has 1 atom stereocenters. The first kappa shape index (κ1) is 13.3. The molecule has 1 heterocycles. The van der Waals surface area contributed by atoms with Gasteiger partial charge < -0.3 is 14.5 Å². The Morgan fingerprint density at radius 2 is 2.25 bits per heavy atom. The van der Waals surface area contributed by atoms with E-state index in [1.54, 1.807) is 6.26 Å². The molecule has 0 radical (unpaired) electrons. The summed E-state index contributed by atoms with van der Waals surface area (Å²) >= 11 is 0. The molecule has 1 unspecified atom stereocenters. The van der Waals surface area contributed by atoms with E-state index in [0.29, 0.717) is 6.04 Å². The monoisotopic (exact) mass is 225 g/mol. The molecule has 0 spiro atoms. The van der Waals surface area contributed by atoms with Gasteiger partial charge in [-0.05, 0) is 37.9 Å². The van der Waals surface area contributed by atoms with Gasteiger partial charge in [0.05, 0.1) is 12.3 Å². The van der Waals surface area contributed by atoms with Gasteiger partial charge in [0, 0.05) is 13.2 Å². The molecule has 1 rings (SSSR count). The van der Waals surface area contributed by atoms with Crippen LogP contribution in [-0.4, -0.2) is 19.8 Å². The molecule has 0 aromatic carbocycles. The van der Waals surface area contributed by atoms with Gasteiger partial charge in [0.15, 0.2) is 0 Å². The quantitative estimate of drug-likeness (QED) is 0.656. The van der Waals surface area contributed by atoms with Crippen LogP contribution in [0.25, 0.3) is 0 Å². The van der Waals surface area contributed by atoms with Crippen LogP contribution in [0.1, 0.15) is 44.9 Å². The minimum absolute atomic E-state index is 0.334. The van der Waals surface area contributed by atoms with E-state index in [2.05, 4.69) is 19.2 Å². The molecule has 0 saturated carbocycles. The zero-order valence-electron chi connectivity index (χ0n) is 10.4. The molecular weight excluding hydrogens is 202 g/mol. The van der Waals surface area contributed by atoms with Crippen LogP contribution in [-0.2, 0) is 4.74 Å². The molecule has 3 heteroatoms. The van der Waals surface area contributed by atoms with E-state index in [1.807, 2.05) is 12.1 Å². The van der Waals surface area contributed by atoms with E-state index >= 15 is 0 Å². The van der Waals surface area contributed by atoms with Crippen molar-refractivity contribution in [3.05, 3.63) is 24.2 Å². The van der Waals surface area contributed by atoms with Crippen molar-refractivity contribution in [2.45, 2.75) is 39.2 Å². The predicted octanol–water partition coefficient (Wildman–Crippen LogP) is 3.14. The summed E-state index contributed by atoms with van der Waals surface area (Å²) < 4.78 is 10.8. The molecule has 0 aliphatic heterocycles. The summed E-state index contributed by atoms with van der Waals surface area (Å²) in [4.78, 5) is 0. The van der Waals surface area contributed by atoms with Crippen molar-refractivity contribution in [2.75, 3.05) is 19.8 Å². The molecule has 1 N–H and O–H groups in total. The molecule has 0 amide bonds. The minimum atomic E-state index is 0.334. The van der Waals surface area contributed by atoms with E-state index in [1.165, 1.54) is 0 Å². The second-order valence-corrected chi connectivity index (χ2v) is 3.90. The number of rotatable bonds is 9. The lowest BCUT2D eigenvalue weighted by molar-refractivity contribution is 0.131. The third kappa shape index (κ3) is 4.81. The summed E-state index contributed by atoms with van der Waals surface area (Å²) in [5.74, 6) is 1.02. The van der Waals surface area contributed by atoms with Gasteiger partial charge in [-0.2, -0.15) is 0 Å². The Morgan fingerprint density at radius 3 is 2.88 bits per heavy atom. The zero-order chi connectivity index (χ0) is 11.6. The first-order chi connectivity index (χ1) is 7.88. The van der Waals surface area contributed by atoms with Crippen molar-refractivity contribution in [1.82, 2.24) is 5.32 Å². The highest BCUT2D eigenvalue weighted by atomic mass is 16.5. The fourth-order valence-electron chi connectivity index (χ4n) is 1.63. The molecule has 1 aromatic rings. The molecule has 3 nitrogen and oxygen atoms in total. The Bertz CT molecular complexity index is 246. The predicted molar refractivity (Wildman–Crippen MR) is 65.5 cm³/mol. The molecule has 92 valence electrons. The summed E-state index contributed by atoms with van der Waals surface area (Å²) in [5, 5.41) is 3.47. The third-order valence-electron chi connectivity index (χ3n) is 2.50. The number of nitrogens with one attached hydrogen (secondary N) is 1. The summed E-state index contributed by atoms with van der Waals surface area (Å²) in [6.07, 6.45) is 4.92. The van der Waals surface area contributed by atoms with Crippen LogP contribution >= 0.6 is 0 Å². The van der Waals surface area contributed by atoms with Gasteiger partial charge >= 0.3 is 0 Å². The van der Waals surface area contributed by atoms with Crippen molar-refractivity contribution in [3.63, 3.8) is 0 Å². The van der Waals surface area contributed by atoms with E-state index in [0.717, 1.165) is 44.8 Å². The Kier molecular flexibility index (Phi) is 6.93. The van der Waals surface area contributed by atoms with Crippen LogP contribution in [0.15, 0.2) is 22.8 Å². The minimum Gasteiger partial charge on any atom is -0.468 e. The molecular formula is C13H23NO2. The number of hydrogen-bond acceptors (Lipinski definition) is 3. The molecule has 1 aromatic heterocycles. The second kappa shape index (κ2) is 8.36. The smallest absolute Gasteiger partial charge is 0.120 e. The van der Waals surface area contributed by atoms with E-state index in [4.69, 9.17) is 9.15 Å². The number of ether oxygens (including phenoxy) is 1. The fraction of sp³-hybridized carbons (Fsp3) is 0.692. The van der Waals surface area contributed by atoms with Gasteiger partial charge in [0.25, 0.3) is 0 Å². The lowest BCUT2D eigenvalue weighted by atomic mass is 10.1. The number of furan rings is 1. The topological polar surface area (TPSA) is 34.4 Å². The lowest BCUT2D eigenvalue weighted by Gasteiger charge is -2.14. The highest BCUT2D eigenvalue weighted by Crippen LogP contribution is 2.16. The van der Waals surface area contributed by atoms with Crippen LogP contribution in [0.4, 0.5) is 0 Å². The maximum atomic E-state index is 5.43. The van der Waals surface area contributed by atoms with Crippen LogP contribution in [0.3, 0.4) is 0 Å². The highest BCUT2D eigenvalue weighted by molar-refractivity contribution is 5.03. The van der Waals surface area contributed by atoms with Crippen LogP contribution < -0.4 is 5.32 Å². The summed E-state index contributed by atoms with van der Waals surface area (Å²) in [6.45, 7) is 6.98. The lowest BCUT2D eigenvalue weighted by Crippen LogP contribution is -2.22. The standard InChI is InChI=1S/C13H23NO2/c1-3-9-15-10-6-8-14-12(4-2)13-7-5-11-16-13/h5,7,11-12,14H,3-4,6,8-10H2,1-2H3. The van der Waals surface area contributed by atoms with Crippen LogP contribution in [0.2, 0.25) is 0 Å². The van der Waals surface area contributed by atoms with Crippen LogP contribution in [0.5, 0.6) is 0 Å². The SMILES string of the molecule is CCCOCCCNC(CC)c1ccco1. The summed E-state index contributed by atoms with van der Waals surface area (Å²) in [5.41, 5.74) is 0. The zero-order valence-corrected chi connectivity index (χ0v) is 10.4. The molecule has 0 aliphatic carbocycles. The van der Waals surface area contributed by atoms with Crippen molar-refractivity contribution in [1.29, 1.82) is 0 Å². The van der Waals surface area contributed by atoms with Gasteiger partial charge in [0.2, 0.25) is 0 Å². The number of hydrogen-bond donors (Lipinski definition) is 1. The molecule has 0 saturated heterocycles. The van der Waals surface area contributed by atoms with E-state index in [9.17, 15) is 0 Å². The summed E-state index contributed by atoms with van der Waals surface area (Å²) in [7, 11) is 0. The molecule has 16 heavy (non-hydrogen) atoms. The second-order valence-electron chi connectivity index (χ2n) is 3.90. The third-order valence-corrected chi connectivity index (χ3v) is 2.50. The van der Waals surface area contributed by atoms with Gasteiger partial charge in [-0.15, -0.1) is 0 Å².